The number of hydrogen-bond acceptors (Lipinski definition) is 5. The first kappa shape index (κ1) is 85.3. The van der Waals surface area contributed by atoms with Crippen molar-refractivity contribution in [2.24, 2.45) is 0 Å². The Morgan fingerprint density at radius 3 is 0.885 bits per heavy atom. The van der Waals surface area contributed by atoms with E-state index in [1.165, 1.54) is 372 Å². The maximum absolute atomic E-state index is 12.6. The zero-order valence-electron chi connectivity index (χ0n) is 59.3. The molecule has 0 spiro atoms. The number of unbranched alkanes of at least 4 members (excludes halogenated alkanes) is 61. The quantitative estimate of drug-likeness (QED) is 0.0320. The minimum atomic E-state index is -0.663. The fraction of sp³-hybridized carbons (Fsp3) is 0.926. The van der Waals surface area contributed by atoms with E-state index in [0.717, 1.165) is 51.4 Å². The summed E-state index contributed by atoms with van der Waals surface area (Å²) in [5.74, 6) is -0.0176. The average Bonchev–Trinajstić information content (AvgIpc) is 3.53. The third-order valence-corrected chi connectivity index (χ3v) is 19.0. The molecule has 0 fully saturated rings. The molecule has 6 heteroatoms. The molecule has 0 aliphatic heterocycles. The number of rotatable bonds is 76. The minimum absolute atomic E-state index is 0.00770. The van der Waals surface area contributed by atoms with E-state index in [9.17, 15) is 19.8 Å². The van der Waals surface area contributed by atoms with Gasteiger partial charge in [-0.2, -0.15) is 0 Å². The van der Waals surface area contributed by atoms with Gasteiger partial charge < -0.3 is 20.3 Å². The first-order chi connectivity index (χ1) is 43.0. The summed E-state index contributed by atoms with van der Waals surface area (Å²) in [6.07, 6.45) is 98.4. The summed E-state index contributed by atoms with van der Waals surface area (Å²) < 4.78 is 5.50. The predicted octanol–water partition coefficient (Wildman–Crippen LogP) is 26.4. The molecule has 1 amide bonds. The number of hydrogen-bond donors (Lipinski definition) is 3. The van der Waals surface area contributed by atoms with Crippen molar-refractivity contribution in [2.75, 3.05) is 13.2 Å². The van der Waals surface area contributed by atoms with Crippen molar-refractivity contribution in [1.29, 1.82) is 0 Å². The van der Waals surface area contributed by atoms with Gasteiger partial charge in [-0.1, -0.05) is 411 Å². The number of carbonyl (C=O) groups is 2. The monoisotopic (exact) mass is 1220 g/mol. The zero-order valence-corrected chi connectivity index (χ0v) is 59.3. The van der Waals surface area contributed by atoms with E-state index < -0.39 is 12.1 Å². The van der Waals surface area contributed by atoms with E-state index in [0.29, 0.717) is 25.9 Å². The largest absolute Gasteiger partial charge is 0.466 e. The molecule has 0 radical (unpaired) electrons. The number of allylic oxidation sites excluding steroid dienone is 4. The molecule has 87 heavy (non-hydrogen) atoms. The third kappa shape index (κ3) is 73.3. The summed E-state index contributed by atoms with van der Waals surface area (Å²) in [5, 5.41) is 23.5. The van der Waals surface area contributed by atoms with Crippen molar-refractivity contribution in [1.82, 2.24) is 5.32 Å². The molecule has 2 unspecified atom stereocenters. The first-order valence-corrected chi connectivity index (χ1v) is 40.1. The lowest BCUT2D eigenvalue weighted by Crippen LogP contribution is -2.45. The van der Waals surface area contributed by atoms with Gasteiger partial charge in [0.15, 0.2) is 0 Å². The molecule has 0 aromatic carbocycles. The van der Waals surface area contributed by atoms with Crippen LogP contribution in [0.15, 0.2) is 24.3 Å². The van der Waals surface area contributed by atoms with Crippen molar-refractivity contribution in [3.63, 3.8) is 0 Å². The van der Waals surface area contributed by atoms with Crippen LogP contribution in [-0.2, 0) is 14.3 Å². The van der Waals surface area contributed by atoms with Crippen LogP contribution in [-0.4, -0.2) is 47.4 Å². The summed E-state index contributed by atoms with van der Waals surface area (Å²) in [6, 6.07) is -0.540. The van der Waals surface area contributed by atoms with E-state index >= 15 is 0 Å². The van der Waals surface area contributed by atoms with E-state index in [-0.39, 0.29) is 18.5 Å². The van der Waals surface area contributed by atoms with Gasteiger partial charge in [0.25, 0.3) is 0 Å². The standard InChI is InChI=1S/C81H157NO5/c1-3-5-7-9-11-13-15-17-19-21-22-23-24-33-36-39-42-45-49-53-57-61-65-69-73-79(84)78(77-83)82-80(85)74-70-66-62-58-54-50-46-43-40-37-34-31-29-27-25-26-28-30-32-35-38-41-44-48-52-56-60-64-68-72-76-87-81(86)75-71-67-63-59-55-51-47-20-18-16-14-12-10-8-6-4-2/h14,16,20,47,78-79,83-84H,3-13,15,17-19,21-46,48-77H2,1-2H3,(H,82,85)/b16-14-,47-20-. The molecule has 0 aromatic rings. The lowest BCUT2D eigenvalue weighted by molar-refractivity contribution is -0.143. The molecule has 0 saturated carbocycles. The van der Waals surface area contributed by atoms with Crippen LogP contribution < -0.4 is 5.32 Å². The van der Waals surface area contributed by atoms with Gasteiger partial charge in [0.2, 0.25) is 5.91 Å². The summed E-state index contributed by atoms with van der Waals surface area (Å²) in [6.45, 7) is 4.98. The van der Waals surface area contributed by atoms with Crippen molar-refractivity contribution < 1.29 is 24.5 Å². The molecule has 2 atom stereocenters. The first-order valence-electron chi connectivity index (χ1n) is 40.1. The maximum Gasteiger partial charge on any atom is 0.305 e. The Kier molecular flexibility index (Phi) is 75.3. The molecule has 0 rings (SSSR count). The van der Waals surface area contributed by atoms with Gasteiger partial charge in [0.1, 0.15) is 0 Å². The second kappa shape index (κ2) is 76.8. The van der Waals surface area contributed by atoms with Crippen LogP contribution in [0, 0.1) is 0 Å². The Bertz CT molecular complexity index is 1360. The van der Waals surface area contributed by atoms with Crippen LogP contribution in [0.25, 0.3) is 0 Å². The van der Waals surface area contributed by atoms with Crippen molar-refractivity contribution in [3.8, 4) is 0 Å². The third-order valence-electron chi connectivity index (χ3n) is 19.0. The Hall–Kier alpha value is -1.66. The molecular weight excluding hydrogens is 1070 g/mol. The Labute approximate surface area is 545 Å². The minimum Gasteiger partial charge on any atom is -0.466 e. The Balaban J connectivity index is 3.34. The maximum atomic E-state index is 12.6. The molecule has 6 nitrogen and oxygen atoms in total. The second-order valence-corrected chi connectivity index (χ2v) is 27.8. The van der Waals surface area contributed by atoms with Gasteiger partial charge in [-0.05, 0) is 57.8 Å². The number of ether oxygens (including phenoxy) is 1. The molecule has 516 valence electrons. The highest BCUT2D eigenvalue weighted by molar-refractivity contribution is 5.76. The van der Waals surface area contributed by atoms with E-state index in [4.69, 9.17) is 4.74 Å². The summed E-state index contributed by atoms with van der Waals surface area (Å²) in [5.41, 5.74) is 0. The van der Waals surface area contributed by atoms with E-state index in [1.54, 1.807) is 0 Å². The van der Waals surface area contributed by atoms with Gasteiger partial charge in [-0.25, -0.2) is 0 Å². The summed E-state index contributed by atoms with van der Waals surface area (Å²) in [4.78, 5) is 24.7. The van der Waals surface area contributed by atoms with Crippen LogP contribution in [0.3, 0.4) is 0 Å². The molecule has 0 bridgehead atoms. The van der Waals surface area contributed by atoms with Crippen LogP contribution in [0.1, 0.15) is 457 Å². The molecule has 3 N–H and O–H groups in total. The number of aliphatic hydroxyl groups excluding tert-OH is 2. The van der Waals surface area contributed by atoms with Gasteiger partial charge in [0.05, 0.1) is 25.4 Å². The van der Waals surface area contributed by atoms with E-state index in [1.807, 2.05) is 0 Å². The van der Waals surface area contributed by atoms with Gasteiger partial charge in [-0.3, -0.25) is 9.59 Å². The Morgan fingerprint density at radius 1 is 0.322 bits per heavy atom. The lowest BCUT2D eigenvalue weighted by Gasteiger charge is -2.22. The topological polar surface area (TPSA) is 95.9 Å². The fourth-order valence-corrected chi connectivity index (χ4v) is 12.9. The highest BCUT2D eigenvalue weighted by Gasteiger charge is 2.20. The zero-order chi connectivity index (χ0) is 62.8. The SMILES string of the molecule is CCCCCC/C=C\C/C=C\CCCCCCCC(=O)OCCCCCCCCCCCCCCCCCCCCCCCCCCCCCCCCC(=O)NC(CO)C(O)CCCCCCCCCCCCCCCCCCCCCCCCCC. The lowest BCUT2D eigenvalue weighted by atomic mass is 10.0. The number of esters is 1. The number of carbonyl (C=O) groups excluding carboxylic acids is 2. The van der Waals surface area contributed by atoms with Crippen molar-refractivity contribution >= 4 is 11.9 Å². The smallest absolute Gasteiger partial charge is 0.305 e. The van der Waals surface area contributed by atoms with Crippen LogP contribution in [0.2, 0.25) is 0 Å². The molecule has 0 aliphatic rings. The molecule has 0 saturated heterocycles. The predicted molar refractivity (Wildman–Crippen MR) is 384 cm³/mol. The van der Waals surface area contributed by atoms with Gasteiger partial charge >= 0.3 is 5.97 Å². The molecule has 0 aliphatic carbocycles. The molecule has 0 aromatic heterocycles. The fourth-order valence-electron chi connectivity index (χ4n) is 12.9. The van der Waals surface area contributed by atoms with Crippen molar-refractivity contribution in [3.05, 3.63) is 24.3 Å². The van der Waals surface area contributed by atoms with Crippen LogP contribution in [0.5, 0.6) is 0 Å². The number of amides is 1. The molecular formula is C81H157NO5. The number of aliphatic hydroxyl groups is 2. The van der Waals surface area contributed by atoms with Gasteiger partial charge in [0, 0.05) is 12.8 Å². The number of nitrogens with one attached hydrogen (secondary N) is 1. The van der Waals surface area contributed by atoms with E-state index in [2.05, 4.69) is 43.5 Å². The van der Waals surface area contributed by atoms with Crippen molar-refractivity contribution in [2.45, 2.75) is 469 Å². The van der Waals surface area contributed by atoms with Crippen LogP contribution >= 0.6 is 0 Å². The summed E-state index contributed by atoms with van der Waals surface area (Å²) >= 11 is 0. The highest BCUT2D eigenvalue weighted by Crippen LogP contribution is 2.20. The average molecular weight is 1230 g/mol. The Morgan fingerprint density at radius 2 is 0.575 bits per heavy atom. The van der Waals surface area contributed by atoms with Gasteiger partial charge in [-0.15, -0.1) is 0 Å². The highest BCUT2D eigenvalue weighted by atomic mass is 16.5. The molecule has 0 heterocycles. The normalized spacial score (nSPS) is 12.6. The van der Waals surface area contributed by atoms with Crippen LogP contribution in [0.4, 0.5) is 0 Å². The summed E-state index contributed by atoms with van der Waals surface area (Å²) in [7, 11) is 0. The second-order valence-electron chi connectivity index (χ2n) is 27.8.